The standard InChI is InChI=1S/C15H11ClN2S/c16-13-4-2-1-3-11(13)12-9-10(5-6-14(12)17)15-18-7-8-19-15/h1-9H,17H2. The molecule has 0 atom stereocenters. The molecule has 3 rings (SSSR count). The number of rotatable bonds is 2. The van der Waals surface area contributed by atoms with Crippen molar-refractivity contribution in [3.8, 4) is 21.7 Å². The van der Waals surface area contributed by atoms with E-state index in [-0.39, 0.29) is 0 Å². The van der Waals surface area contributed by atoms with E-state index in [0.29, 0.717) is 10.7 Å². The number of hydrogen-bond donors (Lipinski definition) is 1. The maximum Gasteiger partial charge on any atom is 0.123 e. The molecule has 1 aromatic heterocycles. The van der Waals surface area contributed by atoms with Crippen LogP contribution in [-0.4, -0.2) is 4.98 Å². The topological polar surface area (TPSA) is 38.9 Å². The molecule has 3 aromatic rings. The molecule has 0 saturated carbocycles. The van der Waals surface area contributed by atoms with E-state index in [1.807, 2.05) is 47.8 Å². The van der Waals surface area contributed by atoms with Crippen molar-refractivity contribution >= 4 is 28.6 Å². The van der Waals surface area contributed by atoms with E-state index in [1.165, 1.54) is 0 Å². The molecule has 0 unspecified atom stereocenters. The first-order chi connectivity index (χ1) is 9.25. The molecule has 0 aliphatic heterocycles. The summed E-state index contributed by atoms with van der Waals surface area (Å²) in [5.74, 6) is 0. The Morgan fingerprint density at radius 2 is 1.89 bits per heavy atom. The van der Waals surface area contributed by atoms with Crippen LogP contribution in [0.3, 0.4) is 0 Å². The van der Waals surface area contributed by atoms with Gasteiger partial charge < -0.3 is 5.73 Å². The van der Waals surface area contributed by atoms with E-state index in [9.17, 15) is 0 Å². The molecule has 4 heteroatoms. The van der Waals surface area contributed by atoms with Crippen LogP contribution in [-0.2, 0) is 0 Å². The second kappa shape index (κ2) is 5.03. The summed E-state index contributed by atoms with van der Waals surface area (Å²) in [5, 5.41) is 3.64. The number of halogens is 1. The average molecular weight is 287 g/mol. The Bertz CT molecular complexity index is 708. The van der Waals surface area contributed by atoms with Crippen LogP contribution in [0.1, 0.15) is 0 Å². The molecule has 1 heterocycles. The fraction of sp³-hybridized carbons (Fsp3) is 0. The normalized spacial score (nSPS) is 10.6. The predicted molar refractivity (Wildman–Crippen MR) is 82.4 cm³/mol. The third kappa shape index (κ3) is 2.35. The van der Waals surface area contributed by atoms with Gasteiger partial charge in [-0.3, -0.25) is 0 Å². The van der Waals surface area contributed by atoms with E-state index < -0.39 is 0 Å². The van der Waals surface area contributed by atoms with Crippen LogP contribution >= 0.6 is 22.9 Å². The molecule has 19 heavy (non-hydrogen) atoms. The van der Waals surface area contributed by atoms with Gasteiger partial charge in [-0.1, -0.05) is 29.8 Å². The number of thiazole rings is 1. The Morgan fingerprint density at radius 1 is 1.05 bits per heavy atom. The molecule has 2 nitrogen and oxygen atoms in total. The fourth-order valence-corrected chi connectivity index (χ4v) is 2.84. The molecule has 2 N–H and O–H groups in total. The van der Waals surface area contributed by atoms with Crippen molar-refractivity contribution in [1.82, 2.24) is 4.98 Å². The minimum Gasteiger partial charge on any atom is -0.398 e. The highest BCUT2D eigenvalue weighted by molar-refractivity contribution is 7.13. The van der Waals surface area contributed by atoms with Crippen molar-refractivity contribution in [3.63, 3.8) is 0 Å². The van der Waals surface area contributed by atoms with Crippen molar-refractivity contribution < 1.29 is 0 Å². The molecular weight excluding hydrogens is 276 g/mol. The summed E-state index contributed by atoms with van der Waals surface area (Å²) in [4.78, 5) is 4.32. The summed E-state index contributed by atoms with van der Waals surface area (Å²) in [6.45, 7) is 0. The number of benzene rings is 2. The van der Waals surface area contributed by atoms with Gasteiger partial charge in [-0.05, 0) is 24.3 Å². The highest BCUT2D eigenvalue weighted by Crippen LogP contribution is 2.35. The van der Waals surface area contributed by atoms with E-state index in [1.54, 1.807) is 17.5 Å². The Labute approximate surface area is 120 Å². The second-order valence-electron chi connectivity index (χ2n) is 4.12. The first kappa shape index (κ1) is 12.2. The lowest BCUT2D eigenvalue weighted by Gasteiger charge is -2.09. The van der Waals surface area contributed by atoms with Crippen LogP contribution in [0.15, 0.2) is 54.0 Å². The molecule has 0 fully saturated rings. The zero-order chi connectivity index (χ0) is 13.2. The van der Waals surface area contributed by atoms with Crippen LogP contribution < -0.4 is 5.73 Å². The number of nitrogens with two attached hydrogens (primary N) is 1. The molecule has 0 aliphatic carbocycles. The Hall–Kier alpha value is -1.84. The lowest BCUT2D eigenvalue weighted by atomic mass is 10.0. The lowest BCUT2D eigenvalue weighted by Crippen LogP contribution is -1.91. The summed E-state index contributed by atoms with van der Waals surface area (Å²) >= 11 is 7.84. The SMILES string of the molecule is Nc1ccc(-c2nccs2)cc1-c1ccccc1Cl. The first-order valence-electron chi connectivity index (χ1n) is 5.80. The number of anilines is 1. The van der Waals surface area contributed by atoms with Gasteiger partial charge in [-0.2, -0.15) is 0 Å². The Morgan fingerprint density at radius 3 is 2.63 bits per heavy atom. The lowest BCUT2D eigenvalue weighted by molar-refractivity contribution is 1.41. The van der Waals surface area contributed by atoms with Gasteiger partial charge in [0.1, 0.15) is 5.01 Å². The zero-order valence-electron chi connectivity index (χ0n) is 10.0. The molecule has 0 saturated heterocycles. The Balaban J connectivity index is 2.17. The monoisotopic (exact) mass is 286 g/mol. The maximum absolute atomic E-state index is 6.24. The van der Waals surface area contributed by atoms with Gasteiger partial charge in [-0.15, -0.1) is 11.3 Å². The summed E-state index contributed by atoms with van der Waals surface area (Å²) in [5.41, 5.74) is 9.73. The highest BCUT2D eigenvalue weighted by atomic mass is 35.5. The third-order valence-corrected chi connectivity index (χ3v) is 4.05. The van der Waals surface area contributed by atoms with E-state index in [2.05, 4.69) is 4.98 Å². The first-order valence-corrected chi connectivity index (χ1v) is 7.06. The van der Waals surface area contributed by atoms with Crippen LogP contribution in [0.2, 0.25) is 5.02 Å². The molecule has 94 valence electrons. The van der Waals surface area contributed by atoms with Crippen LogP contribution in [0.4, 0.5) is 5.69 Å². The molecule has 0 bridgehead atoms. The number of hydrogen-bond acceptors (Lipinski definition) is 3. The van der Waals surface area contributed by atoms with Crippen molar-refractivity contribution in [1.29, 1.82) is 0 Å². The van der Waals surface area contributed by atoms with Crippen LogP contribution in [0.5, 0.6) is 0 Å². The molecule has 0 spiro atoms. The third-order valence-electron chi connectivity index (χ3n) is 2.90. The second-order valence-corrected chi connectivity index (χ2v) is 5.42. The van der Waals surface area contributed by atoms with E-state index in [4.69, 9.17) is 17.3 Å². The summed E-state index contributed by atoms with van der Waals surface area (Å²) in [7, 11) is 0. The number of aromatic nitrogens is 1. The van der Waals surface area contributed by atoms with Crippen molar-refractivity contribution in [3.05, 3.63) is 59.1 Å². The van der Waals surface area contributed by atoms with Crippen molar-refractivity contribution in [2.45, 2.75) is 0 Å². The van der Waals surface area contributed by atoms with Crippen LogP contribution in [0.25, 0.3) is 21.7 Å². The van der Waals surface area contributed by atoms with E-state index in [0.717, 1.165) is 21.7 Å². The Kier molecular flexibility index (Phi) is 3.23. The average Bonchev–Trinajstić information content (AvgIpc) is 2.94. The summed E-state index contributed by atoms with van der Waals surface area (Å²) < 4.78 is 0. The van der Waals surface area contributed by atoms with Gasteiger partial charge in [0.05, 0.1) is 0 Å². The summed E-state index contributed by atoms with van der Waals surface area (Å²) in [6, 6.07) is 13.6. The fourth-order valence-electron chi connectivity index (χ4n) is 1.97. The highest BCUT2D eigenvalue weighted by Gasteiger charge is 2.09. The minimum atomic E-state index is 0.700. The number of nitrogen functional groups attached to an aromatic ring is 1. The van der Waals surface area contributed by atoms with Gasteiger partial charge in [0.25, 0.3) is 0 Å². The van der Waals surface area contributed by atoms with Gasteiger partial charge in [0.15, 0.2) is 0 Å². The predicted octanol–water partition coefficient (Wildman–Crippen LogP) is 4.71. The largest absolute Gasteiger partial charge is 0.398 e. The maximum atomic E-state index is 6.24. The van der Waals surface area contributed by atoms with Crippen LogP contribution in [0, 0.1) is 0 Å². The zero-order valence-corrected chi connectivity index (χ0v) is 11.6. The van der Waals surface area contributed by atoms with Gasteiger partial charge in [0.2, 0.25) is 0 Å². The minimum absolute atomic E-state index is 0.700. The molecule has 0 aliphatic rings. The molecule has 0 amide bonds. The van der Waals surface area contributed by atoms with Gasteiger partial charge in [-0.25, -0.2) is 4.98 Å². The van der Waals surface area contributed by atoms with E-state index >= 15 is 0 Å². The van der Waals surface area contributed by atoms with Gasteiger partial charge >= 0.3 is 0 Å². The summed E-state index contributed by atoms with van der Waals surface area (Å²) in [6.07, 6.45) is 1.80. The smallest absolute Gasteiger partial charge is 0.123 e. The molecular formula is C15H11ClN2S. The number of nitrogens with zero attached hydrogens (tertiary/aromatic N) is 1. The van der Waals surface area contributed by atoms with Crippen molar-refractivity contribution in [2.24, 2.45) is 0 Å². The van der Waals surface area contributed by atoms with Crippen molar-refractivity contribution in [2.75, 3.05) is 5.73 Å². The molecule has 2 aromatic carbocycles. The van der Waals surface area contributed by atoms with Gasteiger partial charge in [0, 0.05) is 39.0 Å². The quantitative estimate of drug-likeness (QED) is 0.693. The molecule has 0 radical (unpaired) electrons.